The molecule has 21 heavy (non-hydrogen) atoms. The van der Waals surface area contributed by atoms with Crippen LogP contribution in [0.4, 0.5) is 0 Å². The van der Waals surface area contributed by atoms with Crippen LogP contribution in [0.15, 0.2) is 24.3 Å². The standard InChI is InChI=1S/C17H26N2O2/c1-4-18-9-11-19(12-10-18)17(20)15-5-7-16(8-6-15)21-13-14(2)3/h5-8,14H,4,9-13H2,1-3H3. The van der Waals surface area contributed by atoms with Crippen LogP contribution in [0.25, 0.3) is 0 Å². The zero-order chi connectivity index (χ0) is 15.2. The summed E-state index contributed by atoms with van der Waals surface area (Å²) in [4.78, 5) is 16.7. The van der Waals surface area contributed by atoms with E-state index in [0.717, 1.165) is 44.0 Å². The zero-order valence-corrected chi connectivity index (χ0v) is 13.3. The predicted molar refractivity (Wildman–Crippen MR) is 84.8 cm³/mol. The van der Waals surface area contributed by atoms with Crippen molar-refractivity contribution in [2.24, 2.45) is 5.92 Å². The van der Waals surface area contributed by atoms with E-state index >= 15 is 0 Å². The van der Waals surface area contributed by atoms with Crippen molar-refractivity contribution in [2.45, 2.75) is 20.8 Å². The molecule has 4 nitrogen and oxygen atoms in total. The number of ether oxygens (including phenoxy) is 1. The molecule has 2 rings (SSSR count). The van der Waals surface area contributed by atoms with Crippen molar-refractivity contribution in [3.8, 4) is 5.75 Å². The fourth-order valence-corrected chi connectivity index (χ4v) is 2.41. The largest absolute Gasteiger partial charge is 0.493 e. The van der Waals surface area contributed by atoms with Crippen LogP contribution in [0.5, 0.6) is 5.75 Å². The minimum atomic E-state index is 0.126. The van der Waals surface area contributed by atoms with Crippen molar-refractivity contribution >= 4 is 5.91 Å². The summed E-state index contributed by atoms with van der Waals surface area (Å²) in [5, 5.41) is 0. The fraction of sp³-hybridized carbons (Fsp3) is 0.588. The lowest BCUT2D eigenvalue weighted by molar-refractivity contribution is 0.0643. The average Bonchev–Trinajstić information content (AvgIpc) is 2.53. The van der Waals surface area contributed by atoms with Crippen LogP contribution < -0.4 is 4.74 Å². The van der Waals surface area contributed by atoms with Crippen LogP contribution in [0.1, 0.15) is 31.1 Å². The quantitative estimate of drug-likeness (QED) is 0.835. The van der Waals surface area contributed by atoms with Gasteiger partial charge in [-0.25, -0.2) is 0 Å². The molecule has 0 N–H and O–H groups in total. The highest BCUT2D eigenvalue weighted by Crippen LogP contribution is 2.15. The molecule has 1 saturated heterocycles. The monoisotopic (exact) mass is 290 g/mol. The summed E-state index contributed by atoms with van der Waals surface area (Å²) >= 11 is 0. The van der Waals surface area contributed by atoms with Gasteiger partial charge in [0.15, 0.2) is 0 Å². The second-order valence-corrected chi connectivity index (χ2v) is 5.96. The molecule has 0 aliphatic carbocycles. The Kier molecular flexibility index (Phi) is 5.62. The normalized spacial score (nSPS) is 16.3. The molecule has 1 aromatic carbocycles. The van der Waals surface area contributed by atoms with Gasteiger partial charge in [-0.05, 0) is 36.7 Å². The molecular weight excluding hydrogens is 264 g/mol. The molecule has 0 radical (unpaired) electrons. The summed E-state index contributed by atoms with van der Waals surface area (Å²) in [6, 6.07) is 7.50. The number of piperazine rings is 1. The summed E-state index contributed by atoms with van der Waals surface area (Å²) in [5.74, 6) is 1.46. The molecule has 1 amide bonds. The van der Waals surface area contributed by atoms with Gasteiger partial charge in [-0.1, -0.05) is 20.8 Å². The molecule has 0 aromatic heterocycles. The van der Waals surface area contributed by atoms with E-state index < -0.39 is 0 Å². The molecule has 0 unspecified atom stereocenters. The van der Waals surface area contributed by atoms with Gasteiger partial charge < -0.3 is 14.5 Å². The van der Waals surface area contributed by atoms with Crippen molar-refractivity contribution in [3.63, 3.8) is 0 Å². The number of benzene rings is 1. The van der Waals surface area contributed by atoms with E-state index in [4.69, 9.17) is 4.74 Å². The van der Waals surface area contributed by atoms with Gasteiger partial charge in [-0.2, -0.15) is 0 Å². The zero-order valence-electron chi connectivity index (χ0n) is 13.3. The van der Waals surface area contributed by atoms with Gasteiger partial charge >= 0.3 is 0 Å². The summed E-state index contributed by atoms with van der Waals surface area (Å²) < 4.78 is 5.64. The maximum atomic E-state index is 12.4. The predicted octanol–water partition coefficient (Wildman–Crippen LogP) is 2.50. The lowest BCUT2D eigenvalue weighted by Gasteiger charge is -2.34. The number of likely N-dealkylation sites (N-methyl/N-ethyl adjacent to an activating group) is 1. The third kappa shape index (κ3) is 4.46. The lowest BCUT2D eigenvalue weighted by Crippen LogP contribution is -2.48. The van der Waals surface area contributed by atoms with Crippen LogP contribution in [0.2, 0.25) is 0 Å². The minimum absolute atomic E-state index is 0.126. The van der Waals surface area contributed by atoms with Gasteiger partial charge in [-0.15, -0.1) is 0 Å². The Morgan fingerprint density at radius 2 is 1.76 bits per heavy atom. The van der Waals surface area contributed by atoms with Gasteiger partial charge in [0.05, 0.1) is 6.61 Å². The lowest BCUT2D eigenvalue weighted by atomic mass is 10.1. The van der Waals surface area contributed by atoms with E-state index in [1.807, 2.05) is 29.2 Å². The number of amides is 1. The first-order valence-electron chi connectivity index (χ1n) is 7.84. The molecule has 0 bridgehead atoms. The van der Waals surface area contributed by atoms with Crippen molar-refractivity contribution in [3.05, 3.63) is 29.8 Å². The third-order valence-corrected chi connectivity index (χ3v) is 3.79. The molecule has 1 aliphatic rings. The summed E-state index contributed by atoms with van der Waals surface area (Å²) in [7, 11) is 0. The van der Waals surface area contributed by atoms with Gasteiger partial charge in [0.2, 0.25) is 0 Å². The van der Waals surface area contributed by atoms with Crippen molar-refractivity contribution in [1.29, 1.82) is 0 Å². The molecular formula is C17H26N2O2. The van der Waals surface area contributed by atoms with E-state index in [1.165, 1.54) is 0 Å². The molecule has 0 spiro atoms. The molecule has 0 saturated carbocycles. The van der Waals surface area contributed by atoms with E-state index in [9.17, 15) is 4.79 Å². The Morgan fingerprint density at radius 1 is 1.14 bits per heavy atom. The van der Waals surface area contributed by atoms with E-state index in [1.54, 1.807) is 0 Å². The third-order valence-electron chi connectivity index (χ3n) is 3.79. The first kappa shape index (κ1) is 15.8. The first-order chi connectivity index (χ1) is 10.1. The average molecular weight is 290 g/mol. The topological polar surface area (TPSA) is 32.8 Å². The van der Waals surface area contributed by atoms with Gasteiger partial charge in [0, 0.05) is 31.7 Å². The number of carbonyl (C=O) groups is 1. The maximum absolute atomic E-state index is 12.4. The van der Waals surface area contributed by atoms with Gasteiger partial charge in [-0.3, -0.25) is 4.79 Å². The summed E-state index contributed by atoms with van der Waals surface area (Å²) in [6.45, 7) is 11.7. The summed E-state index contributed by atoms with van der Waals surface area (Å²) in [6.07, 6.45) is 0. The highest BCUT2D eigenvalue weighted by molar-refractivity contribution is 5.94. The number of hydrogen-bond donors (Lipinski definition) is 0. The second kappa shape index (κ2) is 7.46. The maximum Gasteiger partial charge on any atom is 0.253 e. The fourth-order valence-electron chi connectivity index (χ4n) is 2.41. The van der Waals surface area contributed by atoms with E-state index in [2.05, 4.69) is 25.7 Å². The van der Waals surface area contributed by atoms with Gasteiger partial charge in [0.1, 0.15) is 5.75 Å². The SMILES string of the molecule is CCN1CCN(C(=O)c2ccc(OCC(C)C)cc2)CC1. The molecule has 0 atom stereocenters. The Hall–Kier alpha value is -1.55. The Bertz CT molecular complexity index is 448. The van der Waals surface area contributed by atoms with Crippen molar-refractivity contribution < 1.29 is 9.53 Å². The van der Waals surface area contributed by atoms with E-state index in [0.29, 0.717) is 12.5 Å². The number of hydrogen-bond acceptors (Lipinski definition) is 3. The molecule has 116 valence electrons. The van der Waals surface area contributed by atoms with Crippen molar-refractivity contribution in [1.82, 2.24) is 9.80 Å². The molecule has 1 fully saturated rings. The number of nitrogens with zero attached hydrogens (tertiary/aromatic N) is 2. The Labute approximate surface area is 127 Å². The highest BCUT2D eigenvalue weighted by atomic mass is 16.5. The second-order valence-electron chi connectivity index (χ2n) is 5.96. The first-order valence-corrected chi connectivity index (χ1v) is 7.84. The van der Waals surface area contributed by atoms with Crippen LogP contribution in [0.3, 0.4) is 0 Å². The highest BCUT2D eigenvalue weighted by Gasteiger charge is 2.21. The van der Waals surface area contributed by atoms with E-state index in [-0.39, 0.29) is 5.91 Å². The number of carbonyl (C=O) groups excluding carboxylic acids is 1. The minimum Gasteiger partial charge on any atom is -0.493 e. The van der Waals surface area contributed by atoms with Crippen LogP contribution in [0, 0.1) is 5.92 Å². The van der Waals surface area contributed by atoms with Crippen molar-refractivity contribution in [2.75, 3.05) is 39.3 Å². The van der Waals surface area contributed by atoms with Crippen LogP contribution in [-0.4, -0.2) is 55.0 Å². The number of rotatable bonds is 5. The molecule has 1 aromatic rings. The molecule has 1 heterocycles. The molecule has 1 aliphatic heterocycles. The smallest absolute Gasteiger partial charge is 0.253 e. The van der Waals surface area contributed by atoms with Crippen LogP contribution in [-0.2, 0) is 0 Å². The summed E-state index contributed by atoms with van der Waals surface area (Å²) in [5.41, 5.74) is 0.747. The molecule has 4 heteroatoms. The van der Waals surface area contributed by atoms with Crippen LogP contribution >= 0.6 is 0 Å². The Balaban J connectivity index is 1.91. The Morgan fingerprint density at radius 3 is 2.29 bits per heavy atom. The van der Waals surface area contributed by atoms with Gasteiger partial charge in [0.25, 0.3) is 5.91 Å².